The first-order chi connectivity index (χ1) is 10.3. The zero-order chi connectivity index (χ0) is 14.5. The van der Waals surface area contributed by atoms with Crippen LogP contribution in [0.15, 0.2) is 30.3 Å². The van der Waals surface area contributed by atoms with Gasteiger partial charge in [0.25, 0.3) is 0 Å². The summed E-state index contributed by atoms with van der Waals surface area (Å²) in [5.41, 5.74) is 0.229. The number of nitrogens with one attached hydrogen (secondary N) is 1. The number of hydrogen-bond acceptors (Lipinski definition) is 6. The molecule has 21 heavy (non-hydrogen) atoms. The summed E-state index contributed by atoms with van der Waals surface area (Å²) < 4.78 is 6.97. The quantitative estimate of drug-likeness (QED) is 0.823. The summed E-state index contributed by atoms with van der Waals surface area (Å²) in [5, 5.41) is 25.4. The van der Waals surface area contributed by atoms with Crippen LogP contribution < -0.4 is 5.32 Å². The summed E-state index contributed by atoms with van der Waals surface area (Å²) in [6, 6.07) is 9.74. The van der Waals surface area contributed by atoms with Gasteiger partial charge in [0.1, 0.15) is 0 Å². The van der Waals surface area contributed by atoms with E-state index < -0.39 is 5.60 Å². The summed E-state index contributed by atoms with van der Waals surface area (Å²) in [6.07, 6.45) is 1.31. The molecule has 2 aromatic rings. The standard InChI is InChI=1S/C14H19N5O2/c20-14(6-8-21-9-7-14)11-15-10-13-16-17-18-19(13)12-4-2-1-3-5-12/h1-5,15,20H,6-11H2. The minimum Gasteiger partial charge on any atom is -0.388 e. The second-order valence-electron chi connectivity index (χ2n) is 5.28. The Hall–Kier alpha value is -1.83. The molecule has 0 atom stereocenters. The molecule has 2 heterocycles. The third-order valence-corrected chi connectivity index (χ3v) is 3.70. The molecular weight excluding hydrogens is 270 g/mol. The molecule has 1 aliphatic rings. The molecule has 1 fully saturated rings. The van der Waals surface area contributed by atoms with Gasteiger partial charge in [0.05, 0.1) is 17.8 Å². The van der Waals surface area contributed by atoms with Gasteiger partial charge in [-0.1, -0.05) is 18.2 Å². The zero-order valence-corrected chi connectivity index (χ0v) is 11.8. The lowest BCUT2D eigenvalue weighted by atomic mass is 9.94. The van der Waals surface area contributed by atoms with Gasteiger partial charge < -0.3 is 15.2 Å². The van der Waals surface area contributed by atoms with Crippen LogP contribution >= 0.6 is 0 Å². The lowest BCUT2D eigenvalue weighted by molar-refractivity contribution is -0.0617. The molecule has 0 spiro atoms. The normalized spacial score (nSPS) is 17.8. The fourth-order valence-electron chi connectivity index (χ4n) is 2.42. The minimum absolute atomic E-state index is 0.505. The van der Waals surface area contributed by atoms with E-state index in [9.17, 15) is 5.11 Å². The van der Waals surface area contributed by atoms with E-state index in [0.29, 0.717) is 39.1 Å². The number of benzene rings is 1. The topological polar surface area (TPSA) is 85.1 Å². The van der Waals surface area contributed by atoms with Gasteiger partial charge >= 0.3 is 0 Å². The van der Waals surface area contributed by atoms with Crippen LogP contribution in [0.25, 0.3) is 5.69 Å². The molecule has 2 N–H and O–H groups in total. The van der Waals surface area contributed by atoms with Gasteiger partial charge in [0.15, 0.2) is 5.82 Å². The number of nitrogens with zero attached hydrogens (tertiary/aromatic N) is 4. The largest absolute Gasteiger partial charge is 0.388 e. The number of tetrazole rings is 1. The van der Waals surface area contributed by atoms with Crippen molar-refractivity contribution in [2.75, 3.05) is 19.8 Å². The molecule has 0 amide bonds. The van der Waals surface area contributed by atoms with Crippen molar-refractivity contribution in [2.45, 2.75) is 25.0 Å². The second-order valence-corrected chi connectivity index (χ2v) is 5.28. The van der Waals surface area contributed by atoms with Crippen LogP contribution in [-0.2, 0) is 11.3 Å². The molecule has 112 valence electrons. The summed E-state index contributed by atoms with van der Waals surface area (Å²) in [5.74, 6) is 0.719. The highest BCUT2D eigenvalue weighted by atomic mass is 16.5. The third kappa shape index (κ3) is 3.44. The lowest BCUT2D eigenvalue weighted by Crippen LogP contribution is -2.45. The molecule has 0 saturated carbocycles. The first-order valence-corrected chi connectivity index (χ1v) is 7.10. The van der Waals surface area contributed by atoms with Gasteiger partial charge in [-0.2, -0.15) is 4.68 Å². The number of hydrogen-bond donors (Lipinski definition) is 2. The third-order valence-electron chi connectivity index (χ3n) is 3.70. The van der Waals surface area contributed by atoms with Gasteiger partial charge in [-0.3, -0.25) is 0 Å². The predicted molar refractivity (Wildman–Crippen MR) is 75.9 cm³/mol. The predicted octanol–water partition coefficient (Wildman–Crippen LogP) is 0.293. The van der Waals surface area contributed by atoms with Crippen LogP contribution in [0.5, 0.6) is 0 Å². The van der Waals surface area contributed by atoms with Crippen LogP contribution in [0.3, 0.4) is 0 Å². The van der Waals surface area contributed by atoms with Gasteiger partial charge in [0, 0.05) is 32.6 Å². The van der Waals surface area contributed by atoms with Crippen LogP contribution in [0.4, 0.5) is 0 Å². The van der Waals surface area contributed by atoms with Crippen molar-refractivity contribution in [2.24, 2.45) is 0 Å². The van der Waals surface area contributed by atoms with E-state index in [2.05, 4.69) is 20.8 Å². The lowest BCUT2D eigenvalue weighted by Gasteiger charge is -2.32. The minimum atomic E-state index is -0.691. The highest BCUT2D eigenvalue weighted by Crippen LogP contribution is 2.19. The summed E-state index contributed by atoms with van der Waals surface area (Å²) in [7, 11) is 0. The fourth-order valence-corrected chi connectivity index (χ4v) is 2.42. The molecular formula is C14H19N5O2. The smallest absolute Gasteiger partial charge is 0.170 e. The van der Waals surface area contributed by atoms with E-state index in [0.717, 1.165) is 11.5 Å². The Labute approximate surface area is 122 Å². The van der Waals surface area contributed by atoms with Crippen molar-refractivity contribution >= 4 is 0 Å². The summed E-state index contributed by atoms with van der Waals surface area (Å²) in [6.45, 7) is 2.24. The molecule has 1 aliphatic heterocycles. The Morgan fingerprint density at radius 1 is 1.24 bits per heavy atom. The van der Waals surface area contributed by atoms with Gasteiger partial charge in [0.2, 0.25) is 0 Å². The number of ether oxygens (including phenoxy) is 1. The van der Waals surface area contributed by atoms with E-state index in [4.69, 9.17) is 4.74 Å². The fraction of sp³-hybridized carbons (Fsp3) is 0.500. The molecule has 0 bridgehead atoms. The van der Waals surface area contributed by atoms with Crippen LogP contribution in [0.2, 0.25) is 0 Å². The van der Waals surface area contributed by atoms with Crippen LogP contribution in [-0.4, -0.2) is 50.7 Å². The van der Waals surface area contributed by atoms with Crippen LogP contribution in [0, 0.1) is 0 Å². The SMILES string of the molecule is OC1(CNCc2nnnn2-c2ccccc2)CCOCC1. The Morgan fingerprint density at radius 2 is 2.00 bits per heavy atom. The van der Waals surface area contributed by atoms with Gasteiger partial charge in [-0.05, 0) is 22.6 Å². The van der Waals surface area contributed by atoms with E-state index >= 15 is 0 Å². The molecule has 7 heteroatoms. The van der Waals surface area contributed by atoms with Gasteiger partial charge in [-0.15, -0.1) is 5.10 Å². The highest BCUT2D eigenvalue weighted by Gasteiger charge is 2.29. The van der Waals surface area contributed by atoms with Crippen molar-refractivity contribution < 1.29 is 9.84 Å². The maximum absolute atomic E-state index is 10.4. The number of para-hydroxylation sites is 1. The molecule has 0 aliphatic carbocycles. The molecule has 1 aromatic carbocycles. The Balaban J connectivity index is 1.60. The maximum Gasteiger partial charge on any atom is 0.170 e. The number of aromatic nitrogens is 4. The number of aliphatic hydroxyl groups is 1. The summed E-state index contributed by atoms with van der Waals surface area (Å²) >= 11 is 0. The van der Waals surface area contributed by atoms with Crippen molar-refractivity contribution in [1.29, 1.82) is 0 Å². The molecule has 0 unspecified atom stereocenters. The van der Waals surface area contributed by atoms with Crippen LogP contribution in [0.1, 0.15) is 18.7 Å². The van der Waals surface area contributed by atoms with Crippen molar-refractivity contribution in [3.05, 3.63) is 36.2 Å². The monoisotopic (exact) mass is 289 g/mol. The number of rotatable bonds is 5. The maximum atomic E-state index is 10.4. The first-order valence-electron chi connectivity index (χ1n) is 7.10. The second kappa shape index (κ2) is 6.30. The zero-order valence-electron chi connectivity index (χ0n) is 11.8. The van der Waals surface area contributed by atoms with E-state index in [-0.39, 0.29) is 0 Å². The Bertz CT molecular complexity index is 566. The molecule has 0 radical (unpaired) electrons. The van der Waals surface area contributed by atoms with Crippen molar-refractivity contribution in [3.63, 3.8) is 0 Å². The molecule has 1 aromatic heterocycles. The summed E-state index contributed by atoms with van der Waals surface area (Å²) in [4.78, 5) is 0. The van der Waals surface area contributed by atoms with Crippen molar-refractivity contribution in [3.8, 4) is 5.69 Å². The molecule has 7 nitrogen and oxygen atoms in total. The average molecular weight is 289 g/mol. The molecule has 1 saturated heterocycles. The molecule has 3 rings (SSSR count). The van der Waals surface area contributed by atoms with E-state index in [1.54, 1.807) is 4.68 Å². The van der Waals surface area contributed by atoms with E-state index in [1.807, 2.05) is 30.3 Å². The highest BCUT2D eigenvalue weighted by molar-refractivity contribution is 5.30. The van der Waals surface area contributed by atoms with Crippen molar-refractivity contribution in [1.82, 2.24) is 25.5 Å². The first kappa shape index (κ1) is 14.1. The van der Waals surface area contributed by atoms with E-state index in [1.165, 1.54) is 0 Å². The Kier molecular flexibility index (Phi) is 4.23. The van der Waals surface area contributed by atoms with Gasteiger partial charge in [-0.25, -0.2) is 0 Å². The average Bonchev–Trinajstić information content (AvgIpc) is 2.97. The Morgan fingerprint density at radius 3 is 2.76 bits per heavy atom.